The van der Waals surface area contributed by atoms with Crippen molar-refractivity contribution in [2.75, 3.05) is 6.61 Å². The van der Waals surface area contributed by atoms with Crippen molar-refractivity contribution in [3.63, 3.8) is 0 Å². The van der Waals surface area contributed by atoms with Crippen molar-refractivity contribution in [1.29, 1.82) is 0 Å². The number of alkyl halides is 1. The van der Waals surface area contributed by atoms with Crippen molar-refractivity contribution >= 4 is 30.0 Å². The molecule has 0 fully saturated rings. The van der Waals surface area contributed by atoms with Crippen molar-refractivity contribution in [2.45, 2.75) is 19.3 Å². The van der Waals surface area contributed by atoms with Crippen LogP contribution in [0.1, 0.15) is 28.4 Å². The van der Waals surface area contributed by atoms with E-state index < -0.39 is 0 Å². The topological polar surface area (TPSA) is 44.1 Å². The van der Waals surface area contributed by atoms with Gasteiger partial charge in [0.05, 0.1) is 18.5 Å². The Labute approximate surface area is 129 Å². The molecule has 0 bridgehead atoms. The molecule has 108 valence electrons. The third-order valence-corrected chi connectivity index (χ3v) is 2.95. The van der Waals surface area contributed by atoms with Gasteiger partial charge in [0.2, 0.25) is 0 Å². The fraction of sp³-hybridized carbons (Fsp3) is 0.286. The molecule has 0 aliphatic rings. The highest BCUT2D eigenvalue weighted by atomic mass is 35.5. The van der Waals surface area contributed by atoms with Gasteiger partial charge in [-0.25, -0.2) is 9.78 Å². The number of ether oxygens (including phenoxy) is 1. The van der Waals surface area contributed by atoms with Crippen LogP contribution in [0.25, 0.3) is 0 Å². The molecule has 6 heteroatoms. The van der Waals surface area contributed by atoms with Crippen LogP contribution in [-0.2, 0) is 17.2 Å². The normalized spacial score (nSPS) is 9.90. The first-order chi connectivity index (χ1) is 9.22. The Morgan fingerprint density at radius 3 is 2.70 bits per heavy atom. The van der Waals surface area contributed by atoms with Crippen molar-refractivity contribution in [3.05, 3.63) is 53.6 Å². The largest absolute Gasteiger partial charge is 0.462 e. The number of hydrogen-bond donors (Lipinski definition) is 0. The molecule has 0 saturated heterocycles. The third kappa shape index (κ3) is 4.25. The summed E-state index contributed by atoms with van der Waals surface area (Å²) in [5, 5.41) is 0. The van der Waals surface area contributed by atoms with Crippen LogP contribution in [-0.4, -0.2) is 22.1 Å². The number of carbonyl (C=O) groups excluding carboxylic acids is 1. The van der Waals surface area contributed by atoms with Gasteiger partial charge in [0.25, 0.3) is 0 Å². The average Bonchev–Trinajstić information content (AvgIpc) is 2.91. The number of rotatable bonds is 5. The van der Waals surface area contributed by atoms with Gasteiger partial charge in [-0.05, 0) is 30.2 Å². The Kier molecular flexibility index (Phi) is 6.55. The van der Waals surface area contributed by atoms with Gasteiger partial charge in [0.1, 0.15) is 0 Å². The van der Waals surface area contributed by atoms with E-state index >= 15 is 0 Å². The number of aromatic nitrogens is 2. The summed E-state index contributed by atoms with van der Waals surface area (Å²) in [6.45, 7) is 2.80. The molecule has 1 heterocycles. The number of carbonyl (C=O) groups is 1. The predicted molar refractivity (Wildman–Crippen MR) is 80.5 cm³/mol. The highest BCUT2D eigenvalue weighted by Gasteiger charge is 2.09. The summed E-state index contributed by atoms with van der Waals surface area (Å²) < 4.78 is 6.95. The number of hydrogen-bond acceptors (Lipinski definition) is 3. The van der Waals surface area contributed by atoms with E-state index in [4.69, 9.17) is 16.3 Å². The van der Waals surface area contributed by atoms with Crippen LogP contribution in [0.2, 0.25) is 0 Å². The number of halogens is 2. The number of benzene rings is 1. The maximum atomic E-state index is 11.8. The molecule has 2 aromatic rings. The van der Waals surface area contributed by atoms with E-state index in [9.17, 15) is 4.79 Å². The molecule has 0 saturated carbocycles. The van der Waals surface area contributed by atoms with Gasteiger partial charge in [0, 0.05) is 24.8 Å². The SMILES string of the molecule is CCOC(=O)c1cc(CCl)cc(Cn2ccnc2)c1.Cl. The van der Waals surface area contributed by atoms with Crippen molar-refractivity contribution in [2.24, 2.45) is 0 Å². The average molecular weight is 315 g/mol. The van der Waals surface area contributed by atoms with Gasteiger partial charge in [-0.1, -0.05) is 6.07 Å². The molecule has 0 radical (unpaired) electrons. The summed E-state index contributed by atoms with van der Waals surface area (Å²) in [5.41, 5.74) is 2.44. The Morgan fingerprint density at radius 1 is 1.35 bits per heavy atom. The fourth-order valence-electron chi connectivity index (χ4n) is 1.85. The molecule has 0 unspecified atom stereocenters. The van der Waals surface area contributed by atoms with Gasteiger partial charge in [-0.15, -0.1) is 24.0 Å². The van der Waals surface area contributed by atoms with E-state index in [1.807, 2.05) is 22.9 Å². The monoisotopic (exact) mass is 314 g/mol. The Morgan fingerprint density at radius 2 is 2.10 bits per heavy atom. The molecule has 0 aliphatic carbocycles. The van der Waals surface area contributed by atoms with Crippen LogP contribution >= 0.6 is 24.0 Å². The van der Waals surface area contributed by atoms with Crippen LogP contribution in [0, 0.1) is 0 Å². The third-order valence-electron chi connectivity index (χ3n) is 2.64. The van der Waals surface area contributed by atoms with E-state index in [-0.39, 0.29) is 18.4 Å². The Hall–Kier alpha value is -1.52. The fourth-order valence-corrected chi connectivity index (χ4v) is 2.01. The number of imidazole rings is 1. The van der Waals surface area contributed by atoms with Gasteiger partial charge >= 0.3 is 5.97 Å². The minimum Gasteiger partial charge on any atom is -0.462 e. The maximum Gasteiger partial charge on any atom is 0.338 e. The quantitative estimate of drug-likeness (QED) is 0.628. The van der Waals surface area contributed by atoms with Crippen LogP contribution in [0.3, 0.4) is 0 Å². The first-order valence-electron chi connectivity index (χ1n) is 6.04. The van der Waals surface area contributed by atoms with Crippen molar-refractivity contribution < 1.29 is 9.53 Å². The summed E-state index contributed by atoms with van der Waals surface area (Å²) in [6.07, 6.45) is 5.33. The minimum atomic E-state index is -0.318. The molecule has 0 spiro atoms. The summed E-state index contributed by atoms with van der Waals surface area (Å²) in [5.74, 6) is 0.0471. The van der Waals surface area contributed by atoms with E-state index in [1.165, 1.54) is 0 Å². The second-order valence-corrected chi connectivity index (χ2v) is 4.39. The zero-order valence-corrected chi connectivity index (χ0v) is 12.7. The molecular weight excluding hydrogens is 299 g/mol. The number of esters is 1. The lowest BCUT2D eigenvalue weighted by Crippen LogP contribution is -2.07. The summed E-state index contributed by atoms with van der Waals surface area (Å²) in [4.78, 5) is 15.8. The smallest absolute Gasteiger partial charge is 0.338 e. The molecule has 0 N–H and O–H groups in total. The first-order valence-corrected chi connectivity index (χ1v) is 6.58. The Bertz CT molecular complexity index is 556. The molecular formula is C14H16Cl2N2O2. The second-order valence-electron chi connectivity index (χ2n) is 4.13. The molecule has 20 heavy (non-hydrogen) atoms. The molecule has 0 aliphatic heterocycles. The van der Waals surface area contributed by atoms with Crippen LogP contribution in [0.4, 0.5) is 0 Å². The van der Waals surface area contributed by atoms with Crippen LogP contribution in [0.15, 0.2) is 36.9 Å². The van der Waals surface area contributed by atoms with Gasteiger partial charge in [0.15, 0.2) is 0 Å². The molecule has 1 aromatic carbocycles. The lowest BCUT2D eigenvalue weighted by Gasteiger charge is -2.08. The molecule has 0 amide bonds. The van der Waals surface area contributed by atoms with Gasteiger partial charge < -0.3 is 9.30 Å². The summed E-state index contributed by atoms with van der Waals surface area (Å²) in [6, 6.07) is 5.58. The highest BCUT2D eigenvalue weighted by Crippen LogP contribution is 2.15. The van der Waals surface area contributed by atoms with Crippen LogP contribution < -0.4 is 0 Å². The Balaban J connectivity index is 0.00000200. The van der Waals surface area contributed by atoms with Crippen molar-refractivity contribution in [1.82, 2.24) is 9.55 Å². The van der Waals surface area contributed by atoms with Crippen LogP contribution in [0.5, 0.6) is 0 Å². The van der Waals surface area contributed by atoms with Crippen molar-refractivity contribution in [3.8, 4) is 0 Å². The van der Waals surface area contributed by atoms with E-state index in [0.717, 1.165) is 11.1 Å². The summed E-state index contributed by atoms with van der Waals surface area (Å²) in [7, 11) is 0. The van der Waals surface area contributed by atoms with E-state index in [1.54, 1.807) is 25.5 Å². The van der Waals surface area contributed by atoms with E-state index in [0.29, 0.717) is 24.6 Å². The van der Waals surface area contributed by atoms with Gasteiger partial charge in [-0.3, -0.25) is 0 Å². The second kappa shape index (κ2) is 7.92. The predicted octanol–water partition coefficient (Wildman–Crippen LogP) is 3.27. The van der Waals surface area contributed by atoms with E-state index in [2.05, 4.69) is 4.98 Å². The molecule has 2 rings (SSSR count). The maximum absolute atomic E-state index is 11.8. The van der Waals surface area contributed by atoms with Gasteiger partial charge in [-0.2, -0.15) is 0 Å². The molecule has 0 atom stereocenters. The highest BCUT2D eigenvalue weighted by molar-refractivity contribution is 6.17. The standard InChI is InChI=1S/C14H15ClN2O2.ClH/c1-2-19-14(18)13-6-11(8-15)5-12(7-13)9-17-4-3-16-10-17;/h3-7,10H,2,8-9H2,1H3;1H. The number of nitrogens with zero attached hydrogens (tertiary/aromatic N) is 2. The first kappa shape index (κ1) is 16.5. The zero-order chi connectivity index (χ0) is 13.7. The lowest BCUT2D eigenvalue weighted by molar-refractivity contribution is 0.0526. The summed E-state index contributed by atoms with van der Waals surface area (Å²) >= 11 is 5.86. The lowest BCUT2D eigenvalue weighted by atomic mass is 10.1. The minimum absolute atomic E-state index is 0. The molecule has 1 aromatic heterocycles. The molecule has 4 nitrogen and oxygen atoms in total. The zero-order valence-electron chi connectivity index (χ0n) is 11.1.